The Morgan fingerprint density at radius 2 is 1.82 bits per heavy atom. The lowest BCUT2D eigenvalue weighted by molar-refractivity contribution is -0.140. The van der Waals surface area contributed by atoms with E-state index in [0.29, 0.717) is 36.0 Å². The number of ether oxygens (including phenoxy) is 2. The number of rotatable bonds is 8. The first-order chi connectivity index (χ1) is 16.4. The monoisotopic (exact) mass is 461 g/mol. The van der Waals surface area contributed by atoms with E-state index in [1.807, 2.05) is 45.0 Å². The van der Waals surface area contributed by atoms with Crippen LogP contribution < -0.4 is 9.47 Å². The van der Waals surface area contributed by atoms with E-state index < -0.39 is 17.7 Å². The number of carbonyl (C=O) groups is 2. The van der Waals surface area contributed by atoms with Crippen LogP contribution in [-0.2, 0) is 16.1 Å². The Bertz CT molecular complexity index is 1230. The van der Waals surface area contributed by atoms with Crippen LogP contribution in [0, 0.1) is 6.92 Å². The highest BCUT2D eigenvalue weighted by Crippen LogP contribution is 2.42. The Morgan fingerprint density at radius 1 is 1.03 bits per heavy atom. The van der Waals surface area contributed by atoms with Gasteiger partial charge >= 0.3 is 0 Å². The van der Waals surface area contributed by atoms with E-state index in [1.54, 1.807) is 30.3 Å². The van der Waals surface area contributed by atoms with Gasteiger partial charge in [0.05, 0.1) is 43.2 Å². The van der Waals surface area contributed by atoms with Crippen LogP contribution in [0.15, 0.2) is 70.9 Å². The average Bonchev–Trinajstić information content (AvgIpc) is 3.42. The maximum atomic E-state index is 13.3. The number of likely N-dealkylation sites (tertiary alicyclic amines) is 1. The molecular formula is C27H27NO6. The summed E-state index contributed by atoms with van der Waals surface area (Å²) in [5, 5.41) is 11.4. The van der Waals surface area contributed by atoms with E-state index in [2.05, 4.69) is 0 Å². The number of hydrogen-bond donors (Lipinski definition) is 1. The molecule has 1 aliphatic heterocycles. The summed E-state index contributed by atoms with van der Waals surface area (Å²) in [5.74, 6) is -0.267. The molecule has 0 saturated carbocycles. The van der Waals surface area contributed by atoms with E-state index in [-0.39, 0.29) is 17.9 Å². The fourth-order valence-electron chi connectivity index (χ4n) is 4.18. The number of benzene rings is 2. The van der Waals surface area contributed by atoms with Crippen molar-refractivity contribution >= 4 is 17.4 Å². The van der Waals surface area contributed by atoms with Gasteiger partial charge in [-0.1, -0.05) is 29.8 Å². The third-order valence-corrected chi connectivity index (χ3v) is 5.62. The van der Waals surface area contributed by atoms with Gasteiger partial charge in [-0.15, -0.1) is 0 Å². The summed E-state index contributed by atoms with van der Waals surface area (Å²) in [4.78, 5) is 27.8. The van der Waals surface area contributed by atoms with Gasteiger partial charge in [-0.3, -0.25) is 9.59 Å². The van der Waals surface area contributed by atoms with Crippen LogP contribution in [0.1, 0.15) is 42.3 Å². The fourth-order valence-corrected chi connectivity index (χ4v) is 4.18. The molecule has 0 spiro atoms. The molecule has 0 aliphatic carbocycles. The van der Waals surface area contributed by atoms with Gasteiger partial charge in [-0.25, -0.2) is 0 Å². The number of Topliss-reactive ketones (excluding diaryl/α,β-unsaturated/α-hetero) is 1. The van der Waals surface area contributed by atoms with E-state index in [0.717, 1.165) is 11.1 Å². The molecule has 2 aromatic carbocycles. The highest BCUT2D eigenvalue weighted by molar-refractivity contribution is 6.46. The molecule has 1 aromatic heterocycles. The molecule has 0 radical (unpaired) electrons. The lowest BCUT2D eigenvalue weighted by Gasteiger charge is -2.25. The quantitative estimate of drug-likeness (QED) is 0.288. The van der Waals surface area contributed by atoms with Crippen LogP contribution in [-0.4, -0.2) is 34.9 Å². The first kappa shape index (κ1) is 23.2. The number of hydrogen-bond acceptors (Lipinski definition) is 6. The van der Waals surface area contributed by atoms with Gasteiger partial charge in [0.15, 0.2) is 0 Å². The minimum Gasteiger partial charge on any atom is -0.507 e. The minimum atomic E-state index is -0.786. The third kappa shape index (κ3) is 4.41. The van der Waals surface area contributed by atoms with Gasteiger partial charge in [-0.05, 0) is 50.6 Å². The van der Waals surface area contributed by atoms with Crippen LogP contribution in [0.25, 0.3) is 5.76 Å². The van der Waals surface area contributed by atoms with Gasteiger partial charge < -0.3 is 23.9 Å². The van der Waals surface area contributed by atoms with Gasteiger partial charge in [0, 0.05) is 6.07 Å². The number of aliphatic hydroxyl groups is 1. The molecule has 1 N–H and O–H groups in total. The van der Waals surface area contributed by atoms with E-state index >= 15 is 0 Å². The summed E-state index contributed by atoms with van der Waals surface area (Å²) in [7, 11) is 0. The Hall–Kier alpha value is -4.00. The molecule has 1 unspecified atom stereocenters. The summed E-state index contributed by atoms with van der Waals surface area (Å²) < 4.78 is 16.7. The van der Waals surface area contributed by atoms with Crippen LogP contribution in [0.5, 0.6) is 11.5 Å². The second-order valence-electron chi connectivity index (χ2n) is 7.94. The zero-order valence-corrected chi connectivity index (χ0v) is 19.4. The van der Waals surface area contributed by atoms with E-state index in [9.17, 15) is 14.7 Å². The van der Waals surface area contributed by atoms with Crippen molar-refractivity contribution in [1.29, 1.82) is 0 Å². The standard InChI is InChI=1S/C27H27NO6/c1-4-32-19-11-12-21(22(15-19)33-5-2)25(29)23-24(18-9-6-8-17(3)14-18)28(27(31)26(23)30)16-20-10-7-13-34-20/h6-15,24,29H,4-5,16H2,1-3H3/b25-23-. The minimum absolute atomic E-state index is 0.00673. The number of carbonyl (C=O) groups excluding carboxylic acids is 2. The number of aliphatic hydroxyl groups excluding tert-OH is 1. The van der Waals surface area contributed by atoms with Crippen LogP contribution >= 0.6 is 0 Å². The van der Waals surface area contributed by atoms with Crippen LogP contribution in [0.2, 0.25) is 0 Å². The van der Waals surface area contributed by atoms with Gasteiger partial charge in [-0.2, -0.15) is 0 Å². The number of nitrogens with zero attached hydrogens (tertiary/aromatic N) is 1. The maximum absolute atomic E-state index is 13.3. The Balaban J connectivity index is 1.88. The molecule has 1 fully saturated rings. The molecule has 7 heteroatoms. The van der Waals surface area contributed by atoms with Crippen molar-refractivity contribution in [3.8, 4) is 11.5 Å². The first-order valence-corrected chi connectivity index (χ1v) is 11.2. The molecule has 3 aromatic rings. The molecule has 2 heterocycles. The summed E-state index contributed by atoms with van der Waals surface area (Å²) in [5.41, 5.74) is 2.01. The molecule has 1 saturated heterocycles. The maximum Gasteiger partial charge on any atom is 0.296 e. The fraction of sp³-hybridized carbons (Fsp3) is 0.259. The van der Waals surface area contributed by atoms with Gasteiger partial charge in [0.25, 0.3) is 11.7 Å². The van der Waals surface area contributed by atoms with E-state index in [1.165, 1.54) is 11.2 Å². The summed E-state index contributed by atoms with van der Waals surface area (Å²) in [6.07, 6.45) is 1.52. The second-order valence-corrected chi connectivity index (χ2v) is 7.94. The molecule has 1 aliphatic rings. The molecule has 176 valence electrons. The Morgan fingerprint density at radius 3 is 2.50 bits per heavy atom. The summed E-state index contributed by atoms with van der Waals surface area (Å²) in [6.45, 7) is 6.55. The summed E-state index contributed by atoms with van der Waals surface area (Å²) >= 11 is 0. The molecule has 0 bridgehead atoms. The number of ketones is 1. The predicted molar refractivity (Wildman–Crippen MR) is 127 cm³/mol. The summed E-state index contributed by atoms with van der Waals surface area (Å²) in [6, 6.07) is 15.2. The zero-order chi connectivity index (χ0) is 24.2. The topological polar surface area (TPSA) is 89.2 Å². The van der Waals surface area contributed by atoms with Crippen molar-refractivity contribution in [2.75, 3.05) is 13.2 Å². The Kier molecular flexibility index (Phi) is 6.72. The Labute approximate surface area is 198 Å². The van der Waals surface area contributed by atoms with Crippen molar-refractivity contribution in [3.63, 3.8) is 0 Å². The SMILES string of the molecule is CCOc1ccc(/C(O)=C2/C(=O)C(=O)N(Cc3ccco3)C2c2cccc(C)c2)c(OCC)c1. The van der Waals surface area contributed by atoms with Gasteiger partial charge in [0.1, 0.15) is 23.0 Å². The molecule has 1 atom stereocenters. The zero-order valence-electron chi connectivity index (χ0n) is 19.4. The van der Waals surface area contributed by atoms with Crippen molar-refractivity contribution in [2.45, 2.75) is 33.4 Å². The van der Waals surface area contributed by atoms with Crippen LogP contribution in [0.4, 0.5) is 0 Å². The number of aryl methyl sites for hydroxylation is 1. The van der Waals surface area contributed by atoms with Crippen molar-refractivity contribution < 1.29 is 28.6 Å². The second kappa shape index (κ2) is 9.87. The number of amides is 1. The molecular weight excluding hydrogens is 434 g/mol. The smallest absolute Gasteiger partial charge is 0.296 e. The van der Waals surface area contributed by atoms with Crippen molar-refractivity contribution in [3.05, 3.63) is 88.9 Å². The molecule has 4 rings (SSSR count). The lowest BCUT2D eigenvalue weighted by atomic mass is 9.94. The highest BCUT2D eigenvalue weighted by atomic mass is 16.5. The average molecular weight is 462 g/mol. The van der Waals surface area contributed by atoms with Gasteiger partial charge in [0.2, 0.25) is 0 Å². The first-order valence-electron chi connectivity index (χ1n) is 11.2. The van der Waals surface area contributed by atoms with Crippen molar-refractivity contribution in [1.82, 2.24) is 4.90 Å². The molecule has 1 amide bonds. The highest BCUT2D eigenvalue weighted by Gasteiger charge is 2.46. The lowest BCUT2D eigenvalue weighted by Crippen LogP contribution is -2.29. The molecule has 34 heavy (non-hydrogen) atoms. The van der Waals surface area contributed by atoms with Crippen molar-refractivity contribution in [2.24, 2.45) is 0 Å². The normalized spacial score (nSPS) is 17.3. The number of furan rings is 1. The molecule has 7 nitrogen and oxygen atoms in total. The predicted octanol–water partition coefficient (Wildman–Crippen LogP) is 5.01. The van der Waals surface area contributed by atoms with Crippen LogP contribution in [0.3, 0.4) is 0 Å². The largest absolute Gasteiger partial charge is 0.507 e. The third-order valence-electron chi connectivity index (χ3n) is 5.62. The van der Waals surface area contributed by atoms with E-state index in [4.69, 9.17) is 13.9 Å².